The lowest BCUT2D eigenvalue weighted by atomic mass is 10.1. The molecule has 7 N–H and O–H groups in total. The van der Waals surface area contributed by atoms with Crippen molar-refractivity contribution in [2.24, 2.45) is 11.5 Å². The molecule has 0 aliphatic carbocycles. The van der Waals surface area contributed by atoms with E-state index in [4.69, 9.17) is 22.0 Å². The van der Waals surface area contributed by atoms with Gasteiger partial charge < -0.3 is 27.3 Å². The number of primary amides is 1. The third-order valence-electron chi connectivity index (χ3n) is 2.26. The number of aliphatic carboxylic acids is 1. The molecule has 1 atom stereocenters. The Balaban J connectivity index is 0.000000423. The van der Waals surface area contributed by atoms with Gasteiger partial charge in [0.25, 0.3) is 0 Å². The zero-order chi connectivity index (χ0) is 16.1. The second kappa shape index (κ2) is 11.4. The first-order valence-corrected chi connectivity index (χ1v) is 6.19. The topological polar surface area (TPSA) is 186 Å². The van der Waals surface area contributed by atoms with Crippen molar-refractivity contribution < 1.29 is 14.7 Å². The number of carbonyl (C=O) groups excluding carboxylic acids is 1. The van der Waals surface area contributed by atoms with E-state index in [0.29, 0.717) is 13.0 Å². The van der Waals surface area contributed by atoms with E-state index in [1.54, 1.807) is 0 Å². The van der Waals surface area contributed by atoms with Crippen LogP contribution in [0.15, 0.2) is 6.33 Å². The maximum atomic E-state index is 10.3. The van der Waals surface area contributed by atoms with Crippen LogP contribution in [-0.4, -0.2) is 62.7 Å². The quantitative estimate of drug-likeness (QED) is 0.216. The Bertz CT molecular complexity index is 422. The fraction of sp³-hybridized carbons (Fsp3) is 0.600. The molecular weight excluding hydrogens is 280 g/mol. The van der Waals surface area contributed by atoms with Crippen molar-refractivity contribution in [2.45, 2.75) is 25.3 Å². The first-order valence-electron chi connectivity index (χ1n) is 6.19. The first-order chi connectivity index (χ1) is 9.99. The lowest BCUT2D eigenvalue weighted by Crippen LogP contribution is -2.30. The van der Waals surface area contributed by atoms with Crippen molar-refractivity contribution in [3.8, 4) is 0 Å². The molecule has 21 heavy (non-hydrogen) atoms. The number of carbonyl (C=O) groups is 2. The van der Waals surface area contributed by atoms with Crippen LogP contribution >= 0.6 is 0 Å². The summed E-state index contributed by atoms with van der Waals surface area (Å²) in [6, 6.07) is -1.42. The molecule has 0 spiro atoms. The Labute approximate surface area is 121 Å². The van der Waals surface area contributed by atoms with Gasteiger partial charge in [0.1, 0.15) is 12.4 Å². The predicted molar refractivity (Wildman–Crippen MR) is 73.9 cm³/mol. The summed E-state index contributed by atoms with van der Waals surface area (Å²) in [5.41, 5.74) is 10.0. The highest BCUT2D eigenvalue weighted by molar-refractivity contribution is 5.73. The molecule has 0 bridgehead atoms. The molecular formula is C10H20N8O3. The maximum Gasteiger partial charge on any atom is 0.342 e. The summed E-state index contributed by atoms with van der Waals surface area (Å²) in [6.07, 6.45) is 4.64. The van der Waals surface area contributed by atoms with E-state index >= 15 is 0 Å². The Morgan fingerprint density at radius 3 is 2.62 bits per heavy atom. The molecule has 1 aromatic heterocycles. The molecule has 1 aromatic rings. The van der Waals surface area contributed by atoms with Gasteiger partial charge in [0.2, 0.25) is 0 Å². The Morgan fingerprint density at radius 2 is 2.19 bits per heavy atom. The molecule has 11 heteroatoms. The monoisotopic (exact) mass is 300 g/mol. The zero-order valence-corrected chi connectivity index (χ0v) is 11.5. The average Bonchev–Trinajstić information content (AvgIpc) is 2.97. The molecule has 0 aliphatic rings. The van der Waals surface area contributed by atoms with E-state index < -0.39 is 18.0 Å². The lowest BCUT2D eigenvalue weighted by Gasteiger charge is -2.05. The lowest BCUT2D eigenvalue weighted by molar-refractivity contribution is -0.138. The van der Waals surface area contributed by atoms with Crippen molar-refractivity contribution in [3.63, 3.8) is 0 Å². The van der Waals surface area contributed by atoms with Crippen molar-refractivity contribution in [2.75, 3.05) is 13.1 Å². The van der Waals surface area contributed by atoms with E-state index in [-0.39, 0.29) is 0 Å². The average molecular weight is 300 g/mol. The van der Waals surface area contributed by atoms with E-state index in [1.807, 2.05) is 0 Å². The number of aromatic nitrogens is 4. The van der Waals surface area contributed by atoms with Gasteiger partial charge in [-0.3, -0.25) is 4.79 Å². The number of tetrazole rings is 1. The molecule has 11 nitrogen and oxygen atoms in total. The number of nitrogens with zero attached hydrogens (tertiary/aromatic N) is 4. The van der Waals surface area contributed by atoms with Crippen LogP contribution in [0.25, 0.3) is 0 Å². The van der Waals surface area contributed by atoms with Gasteiger partial charge in [-0.15, -0.1) is 9.78 Å². The number of amides is 1. The number of carboxylic acids is 1. The molecule has 0 saturated heterocycles. The third kappa shape index (κ3) is 10.1. The highest BCUT2D eigenvalue weighted by atomic mass is 16.4. The summed E-state index contributed by atoms with van der Waals surface area (Å²) in [5, 5.41) is 27.7. The number of nitrogens with one attached hydrogen (secondary N) is 2. The summed E-state index contributed by atoms with van der Waals surface area (Å²) in [7, 11) is 0. The van der Waals surface area contributed by atoms with Gasteiger partial charge in [0, 0.05) is 12.8 Å². The van der Waals surface area contributed by atoms with Crippen LogP contribution in [-0.2, 0) is 4.79 Å². The van der Waals surface area contributed by atoms with Gasteiger partial charge in [-0.1, -0.05) is 6.42 Å². The summed E-state index contributed by atoms with van der Waals surface area (Å²) in [4.78, 5) is 20.4. The zero-order valence-electron chi connectivity index (χ0n) is 11.5. The second-order valence-electron chi connectivity index (χ2n) is 3.94. The van der Waals surface area contributed by atoms with E-state index in [2.05, 4.69) is 20.8 Å². The standard InChI is InChI=1S/C8H17N3O2.C2H3N5O/c9-4-6-11-5-2-1-3-7(10)8(12)13;3-2(8)7-1-4-5-6-7/h4,7,9,11H,1-3,5-6,10H2,(H,12,13);1H,(H2,3,8)/t7-;/m0./s1. The minimum atomic E-state index is -0.938. The summed E-state index contributed by atoms with van der Waals surface area (Å²) < 4.78 is 0.833. The minimum absolute atomic E-state index is 0.515. The number of rotatable bonds is 8. The molecule has 1 heterocycles. The van der Waals surface area contributed by atoms with Crippen molar-refractivity contribution >= 4 is 18.2 Å². The van der Waals surface area contributed by atoms with Gasteiger partial charge in [0.15, 0.2) is 0 Å². The molecule has 0 radical (unpaired) electrons. The van der Waals surface area contributed by atoms with Crippen LogP contribution < -0.4 is 16.8 Å². The molecule has 1 rings (SSSR count). The number of unbranched alkanes of at least 4 members (excludes halogenated alkanes) is 1. The number of hydrogen-bond donors (Lipinski definition) is 5. The highest BCUT2D eigenvalue weighted by Crippen LogP contribution is 1.97. The van der Waals surface area contributed by atoms with Gasteiger partial charge in [-0.25, -0.2) is 4.79 Å². The third-order valence-corrected chi connectivity index (χ3v) is 2.26. The first kappa shape index (κ1) is 18.6. The molecule has 0 aromatic carbocycles. The molecule has 0 unspecified atom stereocenters. The molecule has 118 valence electrons. The number of carboxylic acid groups (broad SMARTS) is 1. The van der Waals surface area contributed by atoms with Crippen LogP contribution in [0.1, 0.15) is 19.3 Å². The van der Waals surface area contributed by atoms with E-state index in [1.165, 1.54) is 6.21 Å². The van der Waals surface area contributed by atoms with Crippen molar-refractivity contribution in [1.29, 1.82) is 5.41 Å². The SMILES string of the molecule is N=CCNCCCC[C@H](N)C(=O)O.NC(=O)n1cnnn1. The van der Waals surface area contributed by atoms with Gasteiger partial charge in [0.05, 0.1) is 0 Å². The Morgan fingerprint density at radius 1 is 1.48 bits per heavy atom. The molecule has 1 amide bonds. The van der Waals surface area contributed by atoms with Crippen molar-refractivity contribution in [3.05, 3.63) is 6.33 Å². The Kier molecular flexibility index (Phi) is 10.1. The largest absolute Gasteiger partial charge is 0.480 e. The fourth-order valence-corrected chi connectivity index (χ4v) is 1.17. The summed E-state index contributed by atoms with van der Waals surface area (Å²) in [5.74, 6) is -0.938. The predicted octanol–water partition coefficient (Wildman–Crippen LogP) is -1.59. The van der Waals surface area contributed by atoms with Gasteiger partial charge in [-0.2, -0.15) is 0 Å². The van der Waals surface area contributed by atoms with E-state index in [9.17, 15) is 9.59 Å². The summed E-state index contributed by atoms with van der Waals surface area (Å²) in [6.45, 7) is 1.38. The van der Waals surface area contributed by atoms with Crippen LogP contribution in [0, 0.1) is 5.41 Å². The molecule has 0 aliphatic heterocycles. The minimum Gasteiger partial charge on any atom is -0.480 e. The van der Waals surface area contributed by atoms with Crippen LogP contribution in [0.3, 0.4) is 0 Å². The van der Waals surface area contributed by atoms with Crippen LogP contribution in [0.5, 0.6) is 0 Å². The number of nitrogens with two attached hydrogens (primary N) is 2. The van der Waals surface area contributed by atoms with Crippen LogP contribution in [0.2, 0.25) is 0 Å². The normalized spacial score (nSPS) is 11.1. The second-order valence-corrected chi connectivity index (χ2v) is 3.94. The Hall–Kier alpha value is -2.40. The fourth-order valence-electron chi connectivity index (χ4n) is 1.17. The van der Waals surface area contributed by atoms with Crippen molar-refractivity contribution in [1.82, 2.24) is 25.5 Å². The molecule has 0 saturated carbocycles. The number of hydrogen-bond acceptors (Lipinski definition) is 8. The van der Waals surface area contributed by atoms with Gasteiger partial charge >= 0.3 is 12.0 Å². The summed E-state index contributed by atoms with van der Waals surface area (Å²) >= 11 is 0. The smallest absolute Gasteiger partial charge is 0.342 e. The van der Waals surface area contributed by atoms with Gasteiger partial charge in [-0.05, 0) is 29.8 Å². The van der Waals surface area contributed by atoms with E-state index in [0.717, 1.165) is 30.4 Å². The van der Waals surface area contributed by atoms with Crippen LogP contribution in [0.4, 0.5) is 4.79 Å². The highest BCUT2D eigenvalue weighted by Gasteiger charge is 2.09. The maximum absolute atomic E-state index is 10.3. The molecule has 0 fully saturated rings.